The lowest BCUT2D eigenvalue weighted by molar-refractivity contribution is -0.121. The summed E-state index contributed by atoms with van der Waals surface area (Å²) in [7, 11) is 0. The van der Waals surface area contributed by atoms with Crippen molar-refractivity contribution in [2.75, 3.05) is 18.4 Å². The van der Waals surface area contributed by atoms with Crippen LogP contribution in [0.15, 0.2) is 53.1 Å². The summed E-state index contributed by atoms with van der Waals surface area (Å²) in [6.45, 7) is 5.90. The van der Waals surface area contributed by atoms with Crippen LogP contribution in [0.25, 0.3) is 11.4 Å². The second-order valence-corrected chi connectivity index (χ2v) is 8.27. The lowest BCUT2D eigenvalue weighted by Crippen LogP contribution is -2.40. The van der Waals surface area contributed by atoms with Gasteiger partial charge in [-0.15, -0.1) is 0 Å². The van der Waals surface area contributed by atoms with E-state index in [1.54, 1.807) is 12.1 Å². The van der Waals surface area contributed by atoms with Crippen molar-refractivity contribution in [3.63, 3.8) is 0 Å². The van der Waals surface area contributed by atoms with Gasteiger partial charge in [0.2, 0.25) is 17.6 Å². The monoisotopic (exact) mass is 438 g/mol. The second-order valence-electron chi connectivity index (χ2n) is 8.27. The number of nitrogens with zero attached hydrogens (tertiary/aromatic N) is 3. The molecular weight excluding hydrogens is 411 g/mol. The first-order valence-corrected chi connectivity index (χ1v) is 10.8. The third kappa shape index (κ3) is 5.70. The highest BCUT2D eigenvalue weighted by atomic mass is 19.1. The quantitative estimate of drug-likeness (QED) is 0.585. The Kier molecular flexibility index (Phi) is 6.80. The molecule has 3 aromatic rings. The minimum Gasteiger partial charge on any atom is -0.491 e. The van der Waals surface area contributed by atoms with Crippen molar-refractivity contribution in [3.8, 4) is 17.1 Å². The molecule has 0 saturated carbocycles. The van der Waals surface area contributed by atoms with Crippen LogP contribution in [0.3, 0.4) is 0 Å². The van der Waals surface area contributed by atoms with Crippen LogP contribution >= 0.6 is 0 Å². The molecule has 168 valence electrons. The number of halogens is 1. The van der Waals surface area contributed by atoms with E-state index < -0.39 is 0 Å². The highest BCUT2D eigenvalue weighted by Crippen LogP contribution is 2.23. The number of anilines is 1. The lowest BCUT2D eigenvalue weighted by Gasteiger charge is -2.30. The highest BCUT2D eigenvalue weighted by Gasteiger charge is 2.27. The van der Waals surface area contributed by atoms with Crippen molar-refractivity contribution < 1.29 is 18.4 Å². The van der Waals surface area contributed by atoms with Crippen molar-refractivity contribution >= 4 is 11.6 Å². The van der Waals surface area contributed by atoms with Gasteiger partial charge in [0, 0.05) is 17.8 Å². The Morgan fingerprint density at radius 1 is 1.22 bits per heavy atom. The molecule has 4 rings (SSSR count). The number of hydrogen-bond donors (Lipinski definition) is 1. The topological polar surface area (TPSA) is 80.5 Å². The summed E-state index contributed by atoms with van der Waals surface area (Å²) in [6, 6.07) is 13.4. The molecule has 1 fully saturated rings. The van der Waals surface area contributed by atoms with Crippen LogP contribution in [-0.2, 0) is 11.3 Å². The standard InChI is InChI=1S/C24H27FN4O3/c1-16(2)31-21-11-9-20(10-12-21)26-24(30)18-4-3-13-29(14-18)15-22-27-23(28-32-22)17-5-7-19(25)8-6-17/h5-12,16,18H,3-4,13-15H2,1-2H3,(H,26,30). The molecule has 1 aromatic heterocycles. The molecule has 1 saturated heterocycles. The minimum absolute atomic E-state index is 0.00441. The summed E-state index contributed by atoms with van der Waals surface area (Å²) >= 11 is 0. The molecule has 1 aliphatic rings. The Hall–Kier alpha value is -3.26. The molecule has 0 radical (unpaired) electrons. The van der Waals surface area contributed by atoms with E-state index in [0.717, 1.165) is 30.8 Å². The summed E-state index contributed by atoms with van der Waals surface area (Å²) < 4.78 is 24.1. The van der Waals surface area contributed by atoms with Gasteiger partial charge in [0.25, 0.3) is 0 Å². The van der Waals surface area contributed by atoms with E-state index in [1.807, 2.05) is 38.1 Å². The summed E-state index contributed by atoms with van der Waals surface area (Å²) in [4.78, 5) is 19.4. The van der Waals surface area contributed by atoms with E-state index in [-0.39, 0.29) is 23.7 Å². The number of amides is 1. The van der Waals surface area contributed by atoms with E-state index in [9.17, 15) is 9.18 Å². The SMILES string of the molecule is CC(C)Oc1ccc(NC(=O)C2CCCN(Cc3nc(-c4ccc(F)cc4)no3)C2)cc1. The molecule has 0 aliphatic carbocycles. The number of hydrogen-bond acceptors (Lipinski definition) is 6. The Bertz CT molecular complexity index is 1030. The van der Waals surface area contributed by atoms with Crippen molar-refractivity contribution in [3.05, 3.63) is 60.2 Å². The van der Waals surface area contributed by atoms with Gasteiger partial charge >= 0.3 is 0 Å². The summed E-state index contributed by atoms with van der Waals surface area (Å²) in [5.74, 6) is 1.26. The fourth-order valence-corrected chi connectivity index (χ4v) is 3.77. The number of likely N-dealkylation sites (tertiary alicyclic amines) is 1. The molecule has 8 heteroatoms. The average molecular weight is 439 g/mol. The molecule has 0 spiro atoms. The fraction of sp³-hybridized carbons (Fsp3) is 0.375. The van der Waals surface area contributed by atoms with Crippen LogP contribution in [0.2, 0.25) is 0 Å². The number of carbonyl (C=O) groups is 1. The number of carbonyl (C=O) groups excluding carboxylic acids is 1. The van der Waals surface area contributed by atoms with Gasteiger partial charge in [-0.1, -0.05) is 5.16 Å². The highest BCUT2D eigenvalue weighted by molar-refractivity contribution is 5.92. The zero-order chi connectivity index (χ0) is 22.5. The summed E-state index contributed by atoms with van der Waals surface area (Å²) in [5.41, 5.74) is 1.45. The second kappa shape index (κ2) is 9.91. The van der Waals surface area contributed by atoms with E-state index in [1.165, 1.54) is 12.1 Å². The average Bonchev–Trinajstić information content (AvgIpc) is 3.24. The molecule has 1 aliphatic heterocycles. The van der Waals surface area contributed by atoms with Gasteiger partial charge in [0.15, 0.2) is 0 Å². The number of nitrogens with one attached hydrogen (secondary N) is 1. The van der Waals surface area contributed by atoms with Gasteiger partial charge in [-0.05, 0) is 81.8 Å². The molecular formula is C24H27FN4O3. The molecule has 2 heterocycles. The molecule has 32 heavy (non-hydrogen) atoms. The molecule has 1 amide bonds. The normalized spacial score (nSPS) is 16.8. The zero-order valence-electron chi connectivity index (χ0n) is 18.3. The Labute approximate surface area is 186 Å². The van der Waals surface area contributed by atoms with Gasteiger partial charge in [0.1, 0.15) is 11.6 Å². The summed E-state index contributed by atoms with van der Waals surface area (Å²) in [6.07, 6.45) is 1.86. The van der Waals surface area contributed by atoms with Gasteiger partial charge < -0.3 is 14.6 Å². The minimum atomic E-state index is -0.310. The maximum absolute atomic E-state index is 13.1. The molecule has 2 aromatic carbocycles. The number of piperidine rings is 1. The first kappa shape index (κ1) is 22.0. The van der Waals surface area contributed by atoms with Crippen molar-refractivity contribution in [2.24, 2.45) is 5.92 Å². The molecule has 7 nitrogen and oxygen atoms in total. The number of rotatable bonds is 7. The predicted octanol–water partition coefficient (Wildman–Crippen LogP) is 4.51. The van der Waals surface area contributed by atoms with Crippen LogP contribution in [0.4, 0.5) is 10.1 Å². The van der Waals surface area contributed by atoms with E-state index >= 15 is 0 Å². The number of aromatic nitrogens is 2. The maximum atomic E-state index is 13.1. The van der Waals surface area contributed by atoms with Crippen molar-refractivity contribution in [1.29, 1.82) is 0 Å². The van der Waals surface area contributed by atoms with Crippen LogP contribution in [0, 0.1) is 11.7 Å². The Morgan fingerprint density at radius 3 is 2.69 bits per heavy atom. The van der Waals surface area contributed by atoms with Crippen LogP contribution in [0.5, 0.6) is 5.75 Å². The smallest absolute Gasteiger partial charge is 0.241 e. The van der Waals surface area contributed by atoms with Crippen molar-refractivity contribution in [2.45, 2.75) is 39.3 Å². The van der Waals surface area contributed by atoms with Crippen LogP contribution in [-0.4, -0.2) is 40.1 Å². The Balaban J connectivity index is 1.32. The predicted molar refractivity (Wildman–Crippen MR) is 119 cm³/mol. The fourth-order valence-electron chi connectivity index (χ4n) is 3.77. The van der Waals surface area contributed by atoms with Crippen LogP contribution in [0.1, 0.15) is 32.6 Å². The van der Waals surface area contributed by atoms with E-state index in [0.29, 0.717) is 30.4 Å². The third-order valence-electron chi connectivity index (χ3n) is 5.30. The maximum Gasteiger partial charge on any atom is 0.241 e. The largest absolute Gasteiger partial charge is 0.491 e. The third-order valence-corrected chi connectivity index (χ3v) is 5.30. The van der Waals surface area contributed by atoms with E-state index in [2.05, 4.69) is 20.4 Å². The first-order valence-electron chi connectivity index (χ1n) is 10.8. The Morgan fingerprint density at radius 2 is 1.97 bits per heavy atom. The molecule has 0 bridgehead atoms. The molecule has 1 atom stereocenters. The zero-order valence-corrected chi connectivity index (χ0v) is 18.3. The number of ether oxygens (including phenoxy) is 1. The van der Waals surface area contributed by atoms with E-state index in [4.69, 9.17) is 9.26 Å². The summed E-state index contributed by atoms with van der Waals surface area (Å²) in [5, 5.41) is 7.00. The molecule has 1 N–H and O–H groups in total. The first-order chi connectivity index (χ1) is 15.5. The number of benzene rings is 2. The lowest BCUT2D eigenvalue weighted by atomic mass is 9.97. The van der Waals surface area contributed by atoms with Gasteiger partial charge in [0.05, 0.1) is 18.6 Å². The van der Waals surface area contributed by atoms with Gasteiger partial charge in [-0.25, -0.2) is 4.39 Å². The van der Waals surface area contributed by atoms with Crippen LogP contribution < -0.4 is 10.1 Å². The van der Waals surface area contributed by atoms with Crippen molar-refractivity contribution in [1.82, 2.24) is 15.0 Å². The van der Waals surface area contributed by atoms with Gasteiger partial charge in [-0.3, -0.25) is 9.69 Å². The van der Waals surface area contributed by atoms with Gasteiger partial charge in [-0.2, -0.15) is 4.98 Å². The molecule has 1 unspecified atom stereocenters.